The van der Waals surface area contributed by atoms with Crippen molar-refractivity contribution in [2.45, 2.75) is 38.5 Å². The van der Waals surface area contributed by atoms with Gasteiger partial charge in [0.15, 0.2) is 11.5 Å². The van der Waals surface area contributed by atoms with Gasteiger partial charge < -0.3 is 19.9 Å². The lowest BCUT2D eigenvalue weighted by Gasteiger charge is -2.12. The second-order valence-electron chi connectivity index (χ2n) is 8.47. The lowest BCUT2D eigenvalue weighted by Crippen LogP contribution is -2.13. The molecule has 3 aromatic rings. The average molecular weight is 507 g/mol. The molecule has 0 aliphatic heterocycles. The van der Waals surface area contributed by atoms with Crippen molar-refractivity contribution in [3.8, 4) is 11.5 Å². The smallest absolute Gasteiger partial charge is 0.342 e. The number of methoxy groups -OCH3 is 1. The number of nitrogens with one attached hydrogen (secondary N) is 1. The number of carbonyl (C=O) groups excluding carboxylic acids is 1. The number of aryl methyl sites for hydroxylation is 2. The molecule has 9 nitrogen and oxygen atoms in total. The molecule has 2 N–H and O–H groups in total. The van der Waals surface area contributed by atoms with Crippen molar-refractivity contribution in [1.82, 2.24) is 0 Å². The summed E-state index contributed by atoms with van der Waals surface area (Å²) in [6.07, 6.45) is 4.70. The summed E-state index contributed by atoms with van der Waals surface area (Å²) in [6, 6.07) is 19.4. The molecule has 0 aliphatic carbocycles. The number of hydrogen-bond donors (Lipinski definition) is 2. The number of carbonyl (C=O) groups is 2. The van der Waals surface area contributed by atoms with Crippen LogP contribution < -0.4 is 14.8 Å². The predicted molar refractivity (Wildman–Crippen MR) is 139 cm³/mol. The first-order valence-corrected chi connectivity index (χ1v) is 12.0. The number of nitrogens with zero attached hydrogens (tertiary/aromatic N) is 1. The van der Waals surface area contributed by atoms with Gasteiger partial charge in [-0.25, -0.2) is 4.79 Å². The van der Waals surface area contributed by atoms with Gasteiger partial charge in [0.05, 0.1) is 18.6 Å². The summed E-state index contributed by atoms with van der Waals surface area (Å²) in [5, 5.41) is 22.8. The highest BCUT2D eigenvalue weighted by atomic mass is 16.6. The van der Waals surface area contributed by atoms with Gasteiger partial charge in [0.25, 0.3) is 5.69 Å². The Bertz CT molecular complexity index is 1230. The molecule has 0 spiro atoms. The zero-order chi connectivity index (χ0) is 26.6. The third-order valence-corrected chi connectivity index (χ3v) is 5.79. The van der Waals surface area contributed by atoms with E-state index in [2.05, 4.69) is 29.6 Å². The van der Waals surface area contributed by atoms with Crippen LogP contribution in [0.15, 0.2) is 66.7 Å². The number of amides is 1. The van der Waals surface area contributed by atoms with E-state index in [1.807, 2.05) is 24.3 Å². The number of anilines is 1. The van der Waals surface area contributed by atoms with E-state index in [0.29, 0.717) is 24.5 Å². The molecule has 0 bridgehead atoms. The van der Waals surface area contributed by atoms with Crippen LogP contribution in [0.3, 0.4) is 0 Å². The van der Waals surface area contributed by atoms with Crippen LogP contribution in [0.4, 0.5) is 11.4 Å². The summed E-state index contributed by atoms with van der Waals surface area (Å²) in [5.41, 5.74) is 1.37. The first-order chi connectivity index (χ1) is 17.9. The summed E-state index contributed by atoms with van der Waals surface area (Å²) >= 11 is 0. The van der Waals surface area contributed by atoms with Crippen LogP contribution in [-0.2, 0) is 17.6 Å². The van der Waals surface area contributed by atoms with E-state index in [4.69, 9.17) is 9.47 Å². The predicted octanol–water partition coefficient (Wildman–Crippen LogP) is 5.66. The van der Waals surface area contributed by atoms with Crippen LogP contribution in [0.5, 0.6) is 11.5 Å². The molecule has 9 heteroatoms. The van der Waals surface area contributed by atoms with Gasteiger partial charge >= 0.3 is 5.97 Å². The molecule has 0 radical (unpaired) electrons. The van der Waals surface area contributed by atoms with Crippen molar-refractivity contribution in [1.29, 1.82) is 0 Å². The lowest BCUT2D eigenvalue weighted by molar-refractivity contribution is -0.385. The Balaban J connectivity index is 1.46. The number of rotatable bonds is 14. The molecule has 0 unspecified atom stereocenters. The molecular formula is C28H30N2O7. The van der Waals surface area contributed by atoms with E-state index in [9.17, 15) is 24.8 Å². The fourth-order valence-electron chi connectivity index (χ4n) is 3.85. The average Bonchev–Trinajstić information content (AvgIpc) is 2.90. The Morgan fingerprint density at radius 3 is 2.41 bits per heavy atom. The Kier molecular flexibility index (Phi) is 10.0. The number of hydrogen-bond acceptors (Lipinski definition) is 6. The van der Waals surface area contributed by atoms with Crippen LogP contribution in [0.25, 0.3) is 0 Å². The molecule has 194 valence electrons. The molecule has 37 heavy (non-hydrogen) atoms. The van der Waals surface area contributed by atoms with Crippen molar-refractivity contribution in [2.24, 2.45) is 0 Å². The SMILES string of the molecule is COc1cc(CCC(=O)Nc2ccc([N+](=O)[O-])c(C(=O)O)c2)ccc1OCCCCCc1ccccc1. The van der Waals surface area contributed by atoms with Crippen molar-refractivity contribution < 1.29 is 29.1 Å². The van der Waals surface area contributed by atoms with Gasteiger partial charge in [-0.05, 0) is 67.5 Å². The Morgan fingerprint density at radius 1 is 0.919 bits per heavy atom. The second-order valence-corrected chi connectivity index (χ2v) is 8.47. The van der Waals surface area contributed by atoms with Crippen LogP contribution in [0, 0.1) is 10.1 Å². The first-order valence-electron chi connectivity index (χ1n) is 12.0. The van der Waals surface area contributed by atoms with Crippen LogP contribution in [0.2, 0.25) is 0 Å². The zero-order valence-electron chi connectivity index (χ0n) is 20.6. The lowest BCUT2D eigenvalue weighted by atomic mass is 10.1. The monoisotopic (exact) mass is 506 g/mol. The second kappa shape index (κ2) is 13.6. The third-order valence-electron chi connectivity index (χ3n) is 5.79. The van der Waals surface area contributed by atoms with Crippen LogP contribution >= 0.6 is 0 Å². The molecule has 0 aromatic heterocycles. The van der Waals surface area contributed by atoms with Crippen molar-refractivity contribution in [3.05, 3.63) is 93.5 Å². The van der Waals surface area contributed by atoms with Crippen molar-refractivity contribution in [2.75, 3.05) is 19.0 Å². The summed E-state index contributed by atoms with van der Waals surface area (Å²) in [6.45, 7) is 0.584. The molecule has 0 atom stereocenters. The van der Waals surface area contributed by atoms with Crippen molar-refractivity contribution in [3.63, 3.8) is 0 Å². The highest BCUT2D eigenvalue weighted by Gasteiger charge is 2.20. The summed E-state index contributed by atoms with van der Waals surface area (Å²) in [5.74, 6) is -0.557. The van der Waals surface area contributed by atoms with Gasteiger partial charge in [-0.15, -0.1) is 0 Å². The number of unbranched alkanes of at least 4 members (excludes halogenated alkanes) is 2. The molecule has 1 amide bonds. The normalized spacial score (nSPS) is 10.5. The molecule has 3 rings (SSSR count). The molecule has 0 heterocycles. The maximum atomic E-state index is 12.4. The van der Waals surface area contributed by atoms with Gasteiger partial charge in [0, 0.05) is 18.2 Å². The van der Waals surface area contributed by atoms with Gasteiger partial charge in [0.1, 0.15) is 5.56 Å². The van der Waals surface area contributed by atoms with Crippen LogP contribution in [0.1, 0.15) is 47.2 Å². The number of nitro groups is 1. The summed E-state index contributed by atoms with van der Waals surface area (Å²) in [7, 11) is 1.56. The fourth-order valence-corrected chi connectivity index (χ4v) is 3.85. The van der Waals surface area contributed by atoms with E-state index in [-0.39, 0.29) is 18.0 Å². The number of aromatic carboxylic acids is 1. The Hall–Kier alpha value is -4.40. The minimum atomic E-state index is -1.44. The van der Waals surface area contributed by atoms with E-state index >= 15 is 0 Å². The van der Waals surface area contributed by atoms with Gasteiger partial charge in [-0.1, -0.05) is 36.4 Å². The van der Waals surface area contributed by atoms with Crippen LogP contribution in [-0.4, -0.2) is 35.6 Å². The summed E-state index contributed by atoms with van der Waals surface area (Å²) < 4.78 is 11.4. The number of nitro benzene ring substituents is 1. The van der Waals surface area contributed by atoms with Crippen molar-refractivity contribution >= 4 is 23.3 Å². The molecule has 0 saturated heterocycles. The molecule has 0 saturated carbocycles. The van der Waals surface area contributed by atoms with E-state index in [1.165, 1.54) is 11.6 Å². The summed E-state index contributed by atoms with van der Waals surface area (Å²) in [4.78, 5) is 33.9. The van der Waals surface area contributed by atoms with Gasteiger partial charge in [0.2, 0.25) is 5.91 Å². The van der Waals surface area contributed by atoms with E-state index < -0.39 is 22.1 Å². The maximum absolute atomic E-state index is 12.4. The topological polar surface area (TPSA) is 128 Å². The first kappa shape index (κ1) is 27.2. The molecule has 3 aromatic carbocycles. The third kappa shape index (κ3) is 8.34. The largest absolute Gasteiger partial charge is 0.493 e. The minimum Gasteiger partial charge on any atom is -0.493 e. The fraction of sp³-hybridized carbons (Fsp3) is 0.286. The van der Waals surface area contributed by atoms with E-state index in [0.717, 1.165) is 43.4 Å². The number of carboxylic acid groups (broad SMARTS) is 1. The van der Waals surface area contributed by atoms with Gasteiger partial charge in [-0.2, -0.15) is 0 Å². The van der Waals surface area contributed by atoms with E-state index in [1.54, 1.807) is 7.11 Å². The molecule has 0 aliphatic rings. The highest BCUT2D eigenvalue weighted by Crippen LogP contribution is 2.29. The molecule has 0 fully saturated rings. The Labute approximate surface area is 215 Å². The highest BCUT2D eigenvalue weighted by molar-refractivity contribution is 5.96. The Morgan fingerprint density at radius 2 is 1.70 bits per heavy atom. The number of benzene rings is 3. The van der Waals surface area contributed by atoms with Gasteiger partial charge in [-0.3, -0.25) is 14.9 Å². The number of carboxylic acids is 1. The maximum Gasteiger partial charge on any atom is 0.342 e. The zero-order valence-corrected chi connectivity index (χ0v) is 20.6. The standard InChI is InChI=1S/C28H30N2O7/c1-36-26-18-21(11-15-25(26)37-17-7-3-6-10-20-8-4-2-5-9-20)12-16-27(31)29-22-13-14-24(30(34)35)23(19-22)28(32)33/h2,4-5,8-9,11,13-15,18-19H,3,6-7,10,12,16-17H2,1H3,(H,29,31)(H,32,33). The molecular weight excluding hydrogens is 476 g/mol. The number of ether oxygens (including phenoxy) is 2. The minimum absolute atomic E-state index is 0.129. The quantitative estimate of drug-likeness (QED) is 0.164.